The molecule has 8 N–H and O–H groups in total. The summed E-state index contributed by atoms with van der Waals surface area (Å²) >= 11 is 0. The Balaban J connectivity index is 1.92. The molecule has 0 saturated carbocycles. The zero-order valence-electron chi connectivity index (χ0n) is 31.3. The third-order valence-corrected chi connectivity index (χ3v) is 8.51. The highest BCUT2D eigenvalue weighted by Crippen LogP contribution is 2.14. The molecular formula is C39H57N5O9. The molecule has 0 aromatic heterocycles. The molecule has 14 nitrogen and oxygen atoms in total. The highest BCUT2D eigenvalue weighted by Gasteiger charge is 2.30. The monoisotopic (exact) mass is 739 g/mol. The van der Waals surface area contributed by atoms with Crippen LogP contribution in [0.4, 0.5) is 4.79 Å². The van der Waals surface area contributed by atoms with E-state index >= 15 is 0 Å². The van der Waals surface area contributed by atoms with Gasteiger partial charge in [-0.3, -0.25) is 24.0 Å². The summed E-state index contributed by atoms with van der Waals surface area (Å²) in [5.41, 5.74) is 1.66. The molecule has 0 aliphatic rings. The van der Waals surface area contributed by atoms with Crippen LogP contribution < -0.4 is 26.6 Å². The second-order valence-electron chi connectivity index (χ2n) is 14.3. The fourth-order valence-corrected chi connectivity index (χ4v) is 5.78. The summed E-state index contributed by atoms with van der Waals surface area (Å²) in [6.45, 7) is 9.34. The van der Waals surface area contributed by atoms with Crippen LogP contribution in [-0.2, 0) is 36.9 Å². The SMILES string of the molecule is CC(C)CC(NC(=O)CCC(=O)C(Cc1ccccc1)NC(=O)O)C(O)CC(=O)NC(C)C(=O)NC(CC(C)C)C(O)CC(=O)NCc1ccccc1. The first kappa shape index (κ1) is 44.3. The van der Waals surface area contributed by atoms with Crippen LogP contribution in [0.15, 0.2) is 60.7 Å². The normalized spacial score (nSPS) is 14.6. The van der Waals surface area contributed by atoms with Crippen LogP contribution in [0.5, 0.6) is 0 Å². The highest BCUT2D eigenvalue weighted by atomic mass is 16.4. The smallest absolute Gasteiger partial charge is 0.405 e. The Morgan fingerprint density at radius 1 is 0.604 bits per heavy atom. The molecule has 292 valence electrons. The van der Waals surface area contributed by atoms with Gasteiger partial charge in [-0.2, -0.15) is 0 Å². The summed E-state index contributed by atoms with van der Waals surface area (Å²) in [6, 6.07) is 14.5. The number of carbonyl (C=O) groups is 6. The number of carbonyl (C=O) groups excluding carboxylic acids is 5. The fourth-order valence-electron chi connectivity index (χ4n) is 5.78. The largest absolute Gasteiger partial charge is 0.465 e. The summed E-state index contributed by atoms with van der Waals surface area (Å²) in [5.74, 6) is -2.53. The van der Waals surface area contributed by atoms with E-state index in [0.29, 0.717) is 19.4 Å². The predicted molar refractivity (Wildman–Crippen MR) is 199 cm³/mol. The molecule has 0 bridgehead atoms. The Bertz CT molecular complexity index is 1470. The predicted octanol–water partition coefficient (Wildman–Crippen LogP) is 2.60. The van der Waals surface area contributed by atoms with Crippen LogP contribution in [0.25, 0.3) is 0 Å². The van der Waals surface area contributed by atoms with Crippen molar-refractivity contribution in [2.75, 3.05) is 0 Å². The van der Waals surface area contributed by atoms with Gasteiger partial charge < -0.3 is 41.9 Å². The van der Waals surface area contributed by atoms with Crippen LogP contribution >= 0.6 is 0 Å². The van der Waals surface area contributed by atoms with E-state index in [-0.39, 0.29) is 43.4 Å². The molecular weight excluding hydrogens is 682 g/mol. The maximum Gasteiger partial charge on any atom is 0.405 e. The standard InChI is InChI=1S/C39H57N5O9/c1-24(2)18-29(42-35(48)17-16-32(45)31(44-39(52)53)20-27-12-8-6-9-13-27)34(47)22-37(50)41-26(5)38(51)43-30(19-25(3)4)33(46)21-36(49)40-23-28-14-10-7-11-15-28/h6-15,24-26,29-31,33-34,44,46-47H,16-23H2,1-5H3,(H,40,49)(H,41,50)(H,42,48)(H,43,51)(H,52,53). The molecule has 2 aromatic rings. The van der Waals surface area contributed by atoms with Crippen LogP contribution in [0, 0.1) is 11.8 Å². The van der Waals surface area contributed by atoms with Gasteiger partial charge in [0.15, 0.2) is 5.78 Å². The van der Waals surface area contributed by atoms with E-state index in [1.165, 1.54) is 6.92 Å². The lowest BCUT2D eigenvalue weighted by molar-refractivity contribution is -0.131. The van der Waals surface area contributed by atoms with E-state index in [0.717, 1.165) is 11.1 Å². The molecule has 5 amide bonds. The van der Waals surface area contributed by atoms with Crippen molar-refractivity contribution in [3.05, 3.63) is 71.8 Å². The first-order chi connectivity index (χ1) is 25.0. The van der Waals surface area contributed by atoms with Gasteiger partial charge in [0.25, 0.3) is 0 Å². The quantitative estimate of drug-likeness (QED) is 0.0838. The Kier molecular flexibility index (Phi) is 19.2. The first-order valence-electron chi connectivity index (χ1n) is 18.2. The number of ketones is 1. The topological polar surface area (TPSA) is 223 Å². The van der Waals surface area contributed by atoms with Gasteiger partial charge >= 0.3 is 6.09 Å². The molecule has 0 aliphatic heterocycles. The van der Waals surface area contributed by atoms with Crippen LogP contribution in [0.3, 0.4) is 0 Å². The average molecular weight is 740 g/mol. The van der Waals surface area contributed by atoms with Crippen LogP contribution in [-0.4, -0.2) is 87.2 Å². The van der Waals surface area contributed by atoms with E-state index in [1.807, 2.05) is 58.0 Å². The van der Waals surface area contributed by atoms with Gasteiger partial charge in [0.05, 0.1) is 43.2 Å². The number of benzene rings is 2. The number of rotatable bonds is 23. The second kappa shape index (κ2) is 23.0. The molecule has 0 radical (unpaired) electrons. The molecule has 0 fully saturated rings. The number of aliphatic hydroxyl groups is 2. The molecule has 2 rings (SSSR count). The number of nitrogens with one attached hydrogen (secondary N) is 5. The third kappa shape index (κ3) is 18.0. The summed E-state index contributed by atoms with van der Waals surface area (Å²) in [5, 5.41) is 44.1. The molecule has 6 atom stereocenters. The fraction of sp³-hybridized carbons (Fsp3) is 0.538. The van der Waals surface area contributed by atoms with E-state index in [4.69, 9.17) is 0 Å². The summed E-state index contributed by atoms with van der Waals surface area (Å²) in [7, 11) is 0. The molecule has 53 heavy (non-hydrogen) atoms. The summed E-state index contributed by atoms with van der Waals surface area (Å²) in [6.07, 6.45) is -4.21. The minimum atomic E-state index is -1.36. The van der Waals surface area contributed by atoms with Crippen LogP contribution in [0.2, 0.25) is 0 Å². The number of aliphatic hydroxyl groups excluding tert-OH is 2. The van der Waals surface area contributed by atoms with Gasteiger partial charge in [-0.05, 0) is 49.1 Å². The lowest BCUT2D eigenvalue weighted by atomic mass is 9.96. The van der Waals surface area contributed by atoms with E-state index in [9.17, 15) is 44.1 Å². The zero-order valence-corrected chi connectivity index (χ0v) is 31.3. The maximum absolute atomic E-state index is 13.1. The van der Waals surface area contributed by atoms with Gasteiger partial charge in [-0.15, -0.1) is 0 Å². The van der Waals surface area contributed by atoms with Gasteiger partial charge in [0, 0.05) is 19.4 Å². The first-order valence-corrected chi connectivity index (χ1v) is 18.2. The van der Waals surface area contributed by atoms with Crippen molar-refractivity contribution in [2.24, 2.45) is 11.8 Å². The van der Waals surface area contributed by atoms with Gasteiger partial charge in [-0.1, -0.05) is 88.4 Å². The van der Waals surface area contributed by atoms with Gasteiger partial charge in [-0.25, -0.2) is 4.79 Å². The maximum atomic E-state index is 13.1. The van der Waals surface area contributed by atoms with Crippen molar-refractivity contribution in [1.82, 2.24) is 26.6 Å². The van der Waals surface area contributed by atoms with E-state index in [2.05, 4.69) is 26.6 Å². The van der Waals surface area contributed by atoms with Crippen molar-refractivity contribution >= 4 is 35.5 Å². The highest BCUT2D eigenvalue weighted by molar-refractivity contribution is 5.91. The molecule has 0 saturated heterocycles. The lowest BCUT2D eigenvalue weighted by Gasteiger charge is -2.28. The van der Waals surface area contributed by atoms with E-state index < -0.39 is 72.4 Å². The summed E-state index contributed by atoms with van der Waals surface area (Å²) in [4.78, 5) is 75.7. The van der Waals surface area contributed by atoms with Crippen molar-refractivity contribution in [2.45, 2.75) is 122 Å². The van der Waals surface area contributed by atoms with Crippen LogP contribution in [0.1, 0.15) is 84.3 Å². The molecule has 0 aliphatic carbocycles. The molecule has 0 spiro atoms. The van der Waals surface area contributed by atoms with Crippen molar-refractivity contribution in [1.29, 1.82) is 0 Å². The minimum Gasteiger partial charge on any atom is -0.465 e. The van der Waals surface area contributed by atoms with Gasteiger partial charge in [0.1, 0.15) is 6.04 Å². The van der Waals surface area contributed by atoms with Crippen molar-refractivity contribution in [3.8, 4) is 0 Å². The van der Waals surface area contributed by atoms with E-state index in [1.54, 1.807) is 30.3 Å². The van der Waals surface area contributed by atoms with Crippen molar-refractivity contribution < 1.29 is 44.1 Å². The Morgan fingerprint density at radius 2 is 1.11 bits per heavy atom. The molecule has 0 heterocycles. The van der Waals surface area contributed by atoms with Gasteiger partial charge in [0.2, 0.25) is 23.6 Å². The zero-order chi connectivity index (χ0) is 39.5. The average Bonchev–Trinajstić information content (AvgIpc) is 3.09. The lowest BCUT2D eigenvalue weighted by Crippen LogP contribution is -2.53. The Hall–Kier alpha value is -4.82. The number of hydrogen-bond acceptors (Lipinski definition) is 8. The minimum absolute atomic E-state index is 0.0177. The number of amides is 5. The number of hydrogen-bond donors (Lipinski definition) is 8. The second-order valence-corrected chi connectivity index (χ2v) is 14.3. The Morgan fingerprint density at radius 3 is 1.64 bits per heavy atom. The number of Topliss-reactive ketones (excluding diaryl/α,β-unsaturated/α-hetero) is 1. The molecule has 14 heteroatoms. The molecule has 6 unspecified atom stereocenters. The Labute approximate surface area is 311 Å². The van der Waals surface area contributed by atoms with Crippen molar-refractivity contribution in [3.63, 3.8) is 0 Å². The number of carboxylic acid groups (broad SMARTS) is 1. The summed E-state index contributed by atoms with van der Waals surface area (Å²) < 4.78 is 0. The molecule has 2 aromatic carbocycles. The third-order valence-electron chi connectivity index (χ3n) is 8.51.